The Hall–Kier alpha value is -3.35. The van der Waals surface area contributed by atoms with Crippen LogP contribution in [-0.4, -0.2) is 41.8 Å². The summed E-state index contributed by atoms with van der Waals surface area (Å²) in [5.41, 5.74) is 1.39. The predicted octanol–water partition coefficient (Wildman–Crippen LogP) is 6.31. The number of carbonyl (C=O) groups is 1. The highest BCUT2D eigenvalue weighted by atomic mass is 19.1. The molecule has 2 N–H and O–H groups in total. The van der Waals surface area contributed by atoms with E-state index >= 15 is 0 Å². The predicted molar refractivity (Wildman–Crippen MR) is 132 cm³/mol. The van der Waals surface area contributed by atoms with Gasteiger partial charge in [0.25, 0.3) is 0 Å². The molecule has 0 spiro atoms. The van der Waals surface area contributed by atoms with Gasteiger partial charge in [-0.25, -0.2) is 14.2 Å². The number of methoxy groups -OCH3 is 1. The molecule has 0 unspecified atom stereocenters. The highest BCUT2D eigenvalue weighted by Crippen LogP contribution is 2.33. The first-order valence-corrected chi connectivity index (χ1v) is 10.9. The molecule has 180 valence electrons. The molecule has 6 nitrogen and oxygen atoms in total. The number of aromatic nitrogens is 1. The van der Waals surface area contributed by atoms with Gasteiger partial charge < -0.3 is 20.1 Å². The maximum Gasteiger partial charge on any atom is 0.339 e. The number of halogens is 1. The van der Waals surface area contributed by atoms with Crippen molar-refractivity contribution >= 4 is 11.8 Å². The average Bonchev–Trinajstić information content (AvgIpc) is 2.80. The molecular formula is C26H36FN3O3. The Labute approximate surface area is 196 Å². The maximum absolute atomic E-state index is 13.8. The van der Waals surface area contributed by atoms with Crippen LogP contribution in [0.2, 0.25) is 0 Å². The van der Waals surface area contributed by atoms with Crippen LogP contribution in [0.25, 0.3) is 0 Å². The molecule has 0 radical (unpaired) electrons. The number of carboxylic acids is 1. The maximum atomic E-state index is 13.8. The molecule has 0 fully saturated rings. The number of alkyl halides is 1. The van der Waals surface area contributed by atoms with Crippen molar-refractivity contribution in [1.82, 2.24) is 9.88 Å². The Balaban J connectivity index is 3.79. The zero-order chi connectivity index (χ0) is 25.0. The van der Waals surface area contributed by atoms with Crippen LogP contribution in [0.3, 0.4) is 0 Å². The molecule has 0 saturated carbocycles. The third-order valence-corrected chi connectivity index (χ3v) is 5.43. The number of ether oxygens (including phenoxy) is 1. The first kappa shape index (κ1) is 27.7. The number of allylic oxidation sites excluding steroid dienone is 7. The number of hydrogen-bond acceptors (Lipinski definition) is 5. The number of likely N-dealkylation sites (N-methyl/N-ethyl adjacent to an activating group) is 1. The minimum absolute atomic E-state index is 0.0252. The van der Waals surface area contributed by atoms with E-state index in [1.165, 1.54) is 19.4 Å². The third kappa shape index (κ3) is 7.63. The average molecular weight is 458 g/mol. The van der Waals surface area contributed by atoms with Crippen LogP contribution in [0.1, 0.15) is 50.9 Å². The van der Waals surface area contributed by atoms with Crippen molar-refractivity contribution in [2.45, 2.75) is 40.5 Å². The molecule has 1 aromatic heterocycles. The van der Waals surface area contributed by atoms with Gasteiger partial charge in [-0.05, 0) is 48.1 Å². The molecule has 0 bridgehead atoms. The number of nitrogens with zero attached hydrogens (tertiary/aromatic N) is 2. The molecule has 0 aliphatic heterocycles. The second kappa shape index (κ2) is 13.3. The van der Waals surface area contributed by atoms with Gasteiger partial charge >= 0.3 is 5.97 Å². The van der Waals surface area contributed by atoms with Crippen LogP contribution < -0.4 is 5.32 Å². The van der Waals surface area contributed by atoms with Crippen molar-refractivity contribution in [2.75, 3.05) is 26.1 Å². The van der Waals surface area contributed by atoms with Crippen molar-refractivity contribution < 1.29 is 19.0 Å². The molecule has 7 heteroatoms. The van der Waals surface area contributed by atoms with Gasteiger partial charge in [-0.2, -0.15) is 0 Å². The number of nitrogens with one attached hydrogen (secondary N) is 1. The fourth-order valence-electron chi connectivity index (χ4n) is 3.03. The molecule has 0 aromatic carbocycles. The summed E-state index contributed by atoms with van der Waals surface area (Å²) in [4.78, 5) is 17.7. The van der Waals surface area contributed by atoms with E-state index in [0.717, 1.165) is 18.4 Å². The zero-order valence-electron chi connectivity index (χ0n) is 20.5. The Morgan fingerprint density at radius 1 is 1.39 bits per heavy atom. The second-order valence-corrected chi connectivity index (χ2v) is 7.96. The molecular weight excluding hydrogens is 421 g/mol. The summed E-state index contributed by atoms with van der Waals surface area (Å²) in [6.45, 7) is 11.3. The number of aromatic carboxylic acids is 1. The molecule has 0 aliphatic carbocycles. The Kier molecular flexibility index (Phi) is 11.1. The van der Waals surface area contributed by atoms with Gasteiger partial charge in [0.1, 0.15) is 23.9 Å². The molecule has 1 aromatic rings. The summed E-state index contributed by atoms with van der Waals surface area (Å²) in [7, 11) is 3.16. The molecule has 1 heterocycles. The van der Waals surface area contributed by atoms with E-state index in [1.54, 1.807) is 36.2 Å². The number of rotatable bonds is 13. The Morgan fingerprint density at radius 3 is 2.61 bits per heavy atom. The fraction of sp³-hybridized carbons (Fsp3) is 0.385. The first-order valence-electron chi connectivity index (χ1n) is 10.9. The minimum Gasteiger partial charge on any atom is -0.496 e. The van der Waals surface area contributed by atoms with Crippen LogP contribution in [-0.2, 0) is 4.74 Å². The van der Waals surface area contributed by atoms with E-state index in [-0.39, 0.29) is 22.6 Å². The van der Waals surface area contributed by atoms with Gasteiger partial charge in [-0.1, -0.05) is 52.5 Å². The van der Waals surface area contributed by atoms with E-state index in [4.69, 9.17) is 4.74 Å². The summed E-state index contributed by atoms with van der Waals surface area (Å²) in [6.07, 6.45) is 12.3. The van der Waals surface area contributed by atoms with Crippen molar-refractivity contribution in [3.63, 3.8) is 0 Å². The van der Waals surface area contributed by atoms with Crippen LogP contribution in [0.5, 0.6) is 0 Å². The van der Waals surface area contributed by atoms with Crippen molar-refractivity contribution in [3.05, 3.63) is 83.7 Å². The van der Waals surface area contributed by atoms with Crippen molar-refractivity contribution in [3.8, 4) is 0 Å². The van der Waals surface area contributed by atoms with Crippen LogP contribution in [0.15, 0.2) is 78.1 Å². The Bertz CT molecular complexity index is 940. The fourth-order valence-corrected chi connectivity index (χ4v) is 3.03. The highest BCUT2D eigenvalue weighted by molar-refractivity contribution is 5.93. The second-order valence-electron chi connectivity index (χ2n) is 7.96. The topological polar surface area (TPSA) is 74.7 Å². The molecule has 33 heavy (non-hydrogen) atoms. The van der Waals surface area contributed by atoms with Crippen LogP contribution in [0.4, 0.5) is 10.2 Å². The zero-order valence-corrected chi connectivity index (χ0v) is 20.5. The van der Waals surface area contributed by atoms with Gasteiger partial charge in [0.05, 0.1) is 12.8 Å². The third-order valence-electron chi connectivity index (χ3n) is 5.43. The summed E-state index contributed by atoms with van der Waals surface area (Å²) >= 11 is 0. The molecule has 0 saturated heterocycles. The number of carboxylic acid groups (broad SMARTS) is 1. The van der Waals surface area contributed by atoms with Gasteiger partial charge in [0.15, 0.2) is 5.76 Å². The number of pyridine rings is 1. The SMILES string of the molecule is C=C/C=C\C(=C(/CF)OC)N(C)/C(=C\C(=C\CC)C(C)(C)CC)Nc1ncccc1C(=O)O. The van der Waals surface area contributed by atoms with E-state index in [2.05, 4.69) is 50.7 Å². The summed E-state index contributed by atoms with van der Waals surface area (Å²) in [5, 5.41) is 12.8. The summed E-state index contributed by atoms with van der Waals surface area (Å²) < 4.78 is 19.1. The monoisotopic (exact) mass is 457 g/mol. The first-order chi connectivity index (χ1) is 15.7. The highest BCUT2D eigenvalue weighted by Gasteiger charge is 2.23. The van der Waals surface area contributed by atoms with E-state index in [9.17, 15) is 14.3 Å². The number of anilines is 1. The number of hydrogen-bond donors (Lipinski definition) is 2. The smallest absolute Gasteiger partial charge is 0.339 e. The van der Waals surface area contributed by atoms with E-state index in [1.807, 2.05) is 6.08 Å². The molecule has 1 rings (SSSR count). The normalized spacial score (nSPS) is 13.5. The van der Waals surface area contributed by atoms with Crippen molar-refractivity contribution in [1.29, 1.82) is 0 Å². The van der Waals surface area contributed by atoms with E-state index in [0.29, 0.717) is 11.5 Å². The molecule has 0 amide bonds. The lowest BCUT2D eigenvalue weighted by atomic mass is 9.81. The van der Waals surface area contributed by atoms with Gasteiger partial charge in [0, 0.05) is 13.2 Å². The summed E-state index contributed by atoms with van der Waals surface area (Å²) in [6, 6.07) is 3.04. The summed E-state index contributed by atoms with van der Waals surface area (Å²) in [5.74, 6) is -0.281. The Morgan fingerprint density at radius 2 is 2.09 bits per heavy atom. The molecule has 0 aliphatic rings. The molecule has 0 atom stereocenters. The van der Waals surface area contributed by atoms with Crippen LogP contribution >= 0.6 is 0 Å². The quantitative estimate of drug-likeness (QED) is 0.267. The lowest BCUT2D eigenvalue weighted by molar-refractivity contribution is 0.0697. The van der Waals surface area contributed by atoms with E-state index < -0.39 is 12.6 Å². The lowest BCUT2D eigenvalue weighted by Crippen LogP contribution is -2.26. The lowest BCUT2D eigenvalue weighted by Gasteiger charge is -2.30. The van der Waals surface area contributed by atoms with Crippen LogP contribution in [0, 0.1) is 5.41 Å². The van der Waals surface area contributed by atoms with Crippen molar-refractivity contribution in [2.24, 2.45) is 5.41 Å². The van der Waals surface area contributed by atoms with Gasteiger partial charge in [-0.15, -0.1) is 0 Å². The van der Waals surface area contributed by atoms with Gasteiger partial charge in [0.2, 0.25) is 0 Å². The standard InChI is InChI=1S/C26H36FN3O3/c1-8-11-15-21(22(18-27)33-7)30(6)23(17-19(13-9-2)26(4,5)10-3)29-24-20(25(31)32)14-12-16-28-24/h8,11-17H,1,9-10,18H2,2-7H3,(H,28,29)(H,31,32)/b15-11-,19-13-,22-21-,23-17-. The largest absolute Gasteiger partial charge is 0.496 e. The minimum atomic E-state index is -1.10. The van der Waals surface area contributed by atoms with Gasteiger partial charge in [-0.3, -0.25) is 0 Å².